The van der Waals surface area contributed by atoms with Crippen LogP contribution in [0.2, 0.25) is 0 Å². The predicted octanol–water partition coefficient (Wildman–Crippen LogP) is 0.812. The first-order chi connectivity index (χ1) is 5.34. The van der Waals surface area contributed by atoms with E-state index in [1.807, 2.05) is 0 Å². The van der Waals surface area contributed by atoms with Crippen LogP contribution in [0, 0.1) is 5.92 Å². The summed E-state index contributed by atoms with van der Waals surface area (Å²) in [4.78, 5) is 10.4. The highest BCUT2D eigenvalue weighted by Crippen LogP contribution is 2.25. The molecule has 0 spiro atoms. The maximum Gasteiger partial charge on any atom is 0.379 e. The number of rotatable bonds is 3. The second-order valence-electron chi connectivity index (χ2n) is 2.80. The highest BCUT2D eigenvalue weighted by Gasteiger charge is 2.49. The molecule has 0 aromatic heterocycles. The van der Waals surface area contributed by atoms with E-state index in [1.54, 1.807) is 0 Å². The molecule has 0 aliphatic rings. The zero-order valence-electron chi connectivity index (χ0n) is 7.17. The molecule has 0 rings (SSSR count). The molecule has 0 fully saturated rings. The summed E-state index contributed by atoms with van der Waals surface area (Å²) in [5.41, 5.74) is 0. The van der Waals surface area contributed by atoms with Crippen molar-refractivity contribution >= 4 is 5.97 Å². The fraction of sp³-hybridized carbons (Fsp3) is 0.857. The molecular formula is C7H12F2O3. The quantitative estimate of drug-likeness (QED) is 0.657. The number of ether oxygens (including phenoxy) is 1. The Morgan fingerprint density at radius 3 is 2.17 bits per heavy atom. The van der Waals surface area contributed by atoms with Gasteiger partial charge in [0.15, 0.2) is 0 Å². The van der Waals surface area contributed by atoms with Crippen LogP contribution in [0.15, 0.2) is 0 Å². The minimum Gasteiger partial charge on any atom is -0.465 e. The van der Waals surface area contributed by atoms with E-state index in [4.69, 9.17) is 5.11 Å². The van der Waals surface area contributed by atoms with Crippen LogP contribution in [0.4, 0.5) is 8.78 Å². The van der Waals surface area contributed by atoms with Crippen molar-refractivity contribution in [3.8, 4) is 0 Å². The SMILES string of the molecule is COC(=O)C(F)(F)C(O)C(C)C. The zero-order valence-corrected chi connectivity index (χ0v) is 7.17. The van der Waals surface area contributed by atoms with E-state index in [-0.39, 0.29) is 0 Å². The van der Waals surface area contributed by atoms with Crippen molar-refractivity contribution in [2.75, 3.05) is 7.11 Å². The summed E-state index contributed by atoms with van der Waals surface area (Å²) in [5.74, 6) is -6.22. The summed E-state index contributed by atoms with van der Waals surface area (Å²) < 4.78 is 29.3. The van der Waals surface area contributed by atoms with Crippen LogP contribution in [0.1, 0.15) is 13.8 Å². The number of carbonyl (C=O) groups excluding carboxylic acids is 1. The Morgan fingerprint density at radius 2 is 1.92 bits per heavy atom. The van der Waals surface area contributed by atoms with Gasteiger partial charge in [-0.2, -0.15) is 8.78 Å². The summed E-state index contributed by atoms with van der Waals surface area (Å²) in [7, 11) is 0.850. The van der Waals surface area contributed by atoms with Gasteiger partial charge in [-0.15, -0.1) is 0 Å². The van der Waals surface area contributed by atoms with Crippen molar-refractivity contribution in [3.63, 3.8) is 0 Å². The monoisotopic (exact) mass is 182 g/mol. The van der Waals surface area contributed by atoms with E-state index in [9.17, 15) is 13.6 Å². The number of methoxy groups -OCH3 is 1. The first kappa shape index (κ1) is 11.3. The molecule has 0 amide bonds. The lowest BCUT2D eigenvalue weighted by atomic mass is 10.0. The van der Waals surface area contributed by atoms with Crippen molar-refractivity contribution in [1.82, 2.24) is 0 Å². The molecule has 0 saturated carbocycles. The average Bonchev–Trinajstić information content (AvgIpc) is 2.01. The molecule has 72 valence electrons. The molecule has 3 nitrogen and oxygen atoms in total. The minimum absolute atomic E-state index is 0.695. The van der Waals surface area contributed by atoms with E-state index in [2.05, 4.69) is 4.74 Å². The maximum atomic E-state index is 12.7. The average molecular weight is 182 g/mol. The van der Waals surface area contributed by atoms with Crippen molar-refractivity contribution in [1.29, 1.82) is 0 Å². The van der Waals surface area contributed by atoms with Gasteiger partial charge in [0.1, 0.15) is 6.10 Å². The highest BCUT2D eigenvalue weighted by atomic mass is 19.3. The van der Waals surface area contributed by atoms with Gasteiger partial charge in [0.25, 0.3) is 0 Å². The van der Waals surface area contributed by atoms with Crippen molar-refractivity contribution < 1.29 is 23.4 Å². The number of hydrogen-bond acceptors (Lipinski definition) is 3. The largest absolute Gasteiger partial charge is 0.465 e. The van der Waals surface area contributed by atoms with Crippen LogP contribution in [-0.4, -0.2) is 30.2 Å². The van der Waals surface area contributed by atoms with Gasteiger partial charge >= 0.3 is 11.9 Å². The number of esters is 1. The Labute approximate surface area is 69.3 Å². The summed E-state index contributed by atoms with van der Waals surface area (Å²) in [6.07, 6.45) is -2.00. The molecule has 1 unspecified atom stereocenters. The van der Waals surface area contributed by atoms with E-state index in [1.165, 1.54) is 13.8 Å². The minimum atomic E-state index is -3.82. The summed E-state index contributed by atoms with van der Waals surface area (Å²) in [5, 5.41) is 8.90. The smallest absolute Gasteiger partial charge is 0.379 e. The molecule has 0 aliphatic carbocycles. The Hall–Kier alpha value is -0.710. The summed E-state index contributed by atoms with van der Waals surface area (Å²) in [6.45, 7) is 2.78. The lowest BCUT2D eigenvalue weighted by Crippen LogP contribution is -2.45. The molecule has 0 saturated heterocycles. The van der Waals surface area contributed by atoms with Gasteiger partial charge in [-0.3, -0.25) is 0 Å². The van der Waals surface area contributed by atoms with Crippen LogP contribution < -0.4 is 0 Å². The van der Waals surface area contributed by atoms with Crippen LogP contribution in [0.3, 0.4) is 0 Å². The molecule has 1 N–H and O–H groups in total. The fourth-order valence-electron chi connectivity index (χ4n) is 0.675. The van der Waals surface area contributed by atoms with E-state index >= 15 is 0 Å². The number of aliphatic hydroxyl groups excluding tert-OH is 1. The van der Waals surface area contributed by atoms with Gasteiger partial charge in [-0.1, -0.05) is 13.8 Å². The fourth-order valence-corrected chi connectivity index (χ4v) is 0.675. The molecule has 1 atom stereocenters. The molecule has 0 radical (unpaired) electrons. The van der Waals surface area contributed by atoms with Crippen molar-refractivity contribution in [2.45, 2.75) is 25.9 Å². The van der Waals surface area contributed by atoms with Gasteiger partial charge in [0.2, 0.25) is 0 Å². The van der Waals surface area contributed by atoms with Crippen molar-refractivity contribution in [3.05, 3.63) is 0 Å². The standard InChI is InChI=1S/C7H12F2O3/c1-4(2)5(10)7(8,9)6(11)12-3/h4-5,10H,1-3H3. The Morgan fingerprint density at radius 1 is 1.50 bits per heavy atom. The number of aliphatic hydroxyl groups is 1. The first-order valence-corrected chi connectivity index (χ1v) is 3.48. The third-order valence-corrected chi connectivity index (χ3v) is 1.46. The van der Waals surface area contributed by atoms with E-state index in [0.717, 1.165) is 7.11 Å². The second-order valence-corrected chi connectivity index (χ2v) is 2.80. The third kappa shape index (κ3) is 2.14. The van der Waals surface area contributed by atoms with Crippen LogP contribution in [0.25, 0.3) is 0 Å². The first-order valence-electron chi connectivity index (χ1n) is 3.48. The van der Waals surface area contributed by atoms with Gasteiger partial charge in [0, 0.05) is 0 Å². The number of carbonyl (C=O) groups is 1. The third-order valence-electron chi connectivity index (χ3n) is 1.46. The predicted molar refractivity (Wildman–Crippen MR) is 37.8 cm³/mol. The second kappa shape index (κ2) is 3.80. The molecule has 0 heterocycles. The van der Waals surface area contributed by atoms with Crippen molar-refractivity contribution in [2.24, 2.45) is 5.92 Å². The van der Waals surface area contributed by atoms with Crippen LogP contribution >= 0.6 is 0 Å². The normalized spacial score (nSPS) is 14.6. The topological polar surface area (TPSA) is 46.5 Å². The van der Waals surface area contributed by atoms with Crippen LogP contribution in [-0.2, 0) is 9.53 Å². The molecule has 12 heavy (non-hydrogen) atoms. The Balaban J connectivity index is 4.48. The van der Waals surface area contributed by atoms with Gasteiger partial charge < -0.3 is 9.84 Å². The zero-order chi connectivity index (χ0) is 9.94. The number of alkyl halides is 2. The lowest BCUT2D eigenvalue weighted by Gasteiger charge is -2.22. The lowest BCUT2D eigenvalue weighted by molar-refractivity contribution is -0.190. The molecule has 0 aliphatic heterocycles. The highest BCUT2D eigenvalue weighted by molar-refractivity contribution is 5.78. The number of hydrogen-bond donors (Lipinski definition) is 1. The van der Waals surface area contributed by atoms with Gasteiger partial charge in [0.05, 0.1) is 7.11 Å². The Bertz CT molecular complexity index is 168. The summed E-state index contributed by atoms with van der Waals surface area (Å²) >= 11 is 0. The van der Waals surface area contributed by atoms with E-state index in [0.29, 0.717) is 0 Å². The van der Waals surface area contributed by atoms with Gasteiger partial charge in [-0.25, -0.2) is 4.79 Å². The molecule has 0 aromatic rings. The van der Waals surface area contributed by atoms with Gasteiger partial charge in [-0.05, 0) is 5.92 Å². The molecular weight excluding hydrogens is 170 g/mol. The Kier molecular flexibility index (Phi) is 3.57. The van der Waals surface area contributed by atoms with E-state index < -0.39 is 23.9 Å². The molecule has 5 heteroatoms. The maximum absolute atomic E-state index is 12.7. The molecule has 0 bridgehead atoms. The summed E-state index contributed by atoms with van der Waals surface area (Å²) in [6, 6.07) is 0. The van der Waals surface area contributed by atoms with Crippen LogP contribution in [0.5, 0.6) is 0 Å². The number of halogens is 2. The molecule has 0 aromatic carbocycles.